The minimum Gasteiger partial charge on any atom is -0.357 e. The summed E-state index contributed by atoms with van der Waals surface area (Å²) in [7, 11) is 0. The van der Waals surface area contributed by atoms with Gasteiger partial charge in [0.25, 0.3) is 5.91 Å². The topological polar surface area (TPSA) is 88.6 Å². The van der Waals surface area contributed by atoms with Crippen LogP contribution in [0.5, 0.6) is 0 Å². The number of carbonyl (C=O) groups is 1. The number of fused-ring (bicyclic) bond motifs is 3. The van der Waals surface area contributed by atoms with Gasteiger partial charge >= 0.3 is 0 Å². The first-order chi connectivity index (χ1) is 13.0. The molecular weight excluding hydrogens is 385 g/mol. The zero-order valence-electron chi connectivity index (χ0n) is 15.2. The van der Waals surface area contributed by atoms with E-state index in [2.05, 4.69) is 15.0 Å². The predicted octanol–water partition coefficient (Wildman–Crippen LogP) is 4.86. The summed E-state index contributed by atoms with van der Waals surface area (Å²) in [4.78, 5) is 24.6. The van der Waals surface area contributed by atoms with E-state index in [1.807, 2.05) is 32.9 Å². The van der Waals surface area contributed by atoms with Gasteiger partial charge in [-0.1, -0.05) is 43.1 Å². The lowest BCUT2D eigenvalue weighted by Crippen LogP contribution is -2.39. The smallest absolute Gasteiger partial charge is 0.290 e. The van der Waals surface area contributed by atoms with Crippen molar-refractivity contribution in [2.24, 2.45) is 0 Å². The zero-order chi connectivity index (χ0) is 19.7. The van der Waals surface area contributed by atoms with Crippen LogP contribution in [0.1, 0.15) is 54.4 Å². The molecule has 2 aromatic heterocycles. The number of amides is 1. The largest absolute Gasteiger partial charge is 0.357 e. The van der Waals surface area contributed by atoms with E-state index < -0.39 is 0 Å². The summed E-state index contributed by atoms with van der Waals surface area (Å²) in [6.45, 7) is 6.52. The Morgan fingerprint density at radius 1 is 1.33 bits per heavy atom. The van der Waals surface area contributed by atoms with Crippen molar-refractivity contribution in [3.05, 3.63) is 51.2 Å². The second-order valence-corrected chi connectivity index (χ2v) is 6.77. The van der Waals surface area contributed by atoms with E-state index in [1.54, 1.807) is 11.0 Å². The minimum absolute atomic E-state index is 0.155. The Morgan fingerprint density at radius 3 is 2.74 bits per heavy atom. The van der Waals surface area contributed by atoms with Crippen LogP contribution in [-0.4, -0.2) is 32.3 Å². The highest BCUT2D eigenvalue weighted by atomic mass is 35.5. The molecule has 4 rings (SSSR count). The number of H-pyrrole nitrogens is 2. The lowest BCUT2D eigenvalue weighted by atomic mass is 9.97. The number of hydrogen-bond acceptors (Lipinski definition) is 3. The second kappa shape index (κ2) is 7.63. The van der Waals surface area contributed by atoms with Gasteiger partial charge in [0, 0.05) is 29.6 Å². The number of carbonyl (C=O) groups excluding carboxylic acids is 1. The molecule has 0 spiro atoms. The number of nitriles is 1. The third kappa shape index (κ3) is 3.18. The number of rotatable bonds is 1. The van der Waals surface area contributed by atoms with Crippen molar-refractivity contribution in [3.8, 4) is 6.07 Å². The number of benzene rings is 1. The first-order valence-corrected chi connectivity index (χ1v) is 9.51. The summed E-state index contributed by atoms with van der Waals surface area (Å²) in [6.07, 6.45) is 2.04. The van der Waals surface area contributed by atoms with E-state index in [4.69, 9.17) is 28.5 Å². The molecule has 0 saturated carbocycles. The molecule has 3 aromatic rings. The van der Waals surface area contributed by atoms with E-state index in [0.29, 0.717) is 23.0 Å². The molecule has 3 heterocycles. The fourth-order valence-corrected chi connectivity index (χ4v) is 3.80. The van der Waals surface area contributed by atoms with E-state index in [1.165, 1.54) is 6.20 Å². The molecule has 0 aliphatic carbocycles. The Labute approximate surface area is 167 Å². The van der Waals surface area contributed by atoms with Gasteiger partial charge in [-0.3, -0.25) is 4.79 Å². The molecule has 8 heteroatoms. The van der Waals surface area contributed by atoms with E-state index in [0.717, 1.165) is 22.2 Å². The summed E-state index contributed by atoms with van der Waals surface area (Å²) in [5.41, 5.74) is 3.17. The van der Waals surface area contributed by atoms with E-state index in [-0.39, 0.29) is 23.5 Å². The maximum Gasteiger partial charge on any atom is 0.290 e. The molecule has 1 unspecified atom stereocenters. The highest BCUT2D eigenvalue weighted by molar-refractivity contribution is 6.45. The molecule has 0 bridgehead atoms. The molecule has 0 fully saturated rings. The zero-order valence-corrected chi connectivity index (χ0v) is 16.7. The molecule has 27 heavy (non-hydrogen) atoms. The first kappa shape index (κ1) is 19.3. The van der Waals surface area contributed by atoms with Crippen molar-refractivity contribution in [3.63, 3.8) is 0 Å². The Balaban J connectivity index is 0.00000102. The van der Waals surface area contributed by atoms with Crippen LogP contribution in [0.25, 0.3) is 10.9 Å². The average Bonchev–Trinajstić information content (AvgIpc) is 3.31. The van der Waals surface area contributed by atoms with Gasteiger partial charge in [0.1, 0.15) is 11.8 Å². The van der Waals surface area contributed by atoms with Gasteiger partial charge in [0.05, 0.1) is 27.8 Å². The van der Waals surface area contributed by atoms with Crippen molar-refractivity contribution < 1.29 is 4.79 Å². The molecule has 1 aliphatic rings. The first-order valence-electron chi connectivity index (χ1n) is 8.75. The van der Waals surface area contributed by atoms with E-state index in [9.17, 15) is 4.79 Å². The van der Waals surface area contributed by atoms with Crippen LogP contribution in [0, 0.1) is 11.3 Å². The van der Waals surface area contributed by atoms with Crippen LogP contribution in [0.4, 0.5) is 0 Å². The third-order valence-electron chi connectivity index (χ3n) is 4.63. The Hall–Kier alpha value is -2.49. The maximum absolute atomic E-state index is 12.8. The summed E-state index contributed by atoms with van der Waals surface area (Å²) >= 11 is 12.4. The van der Waals surface area contributed by atoms with Crippen LogP contribution in [0.2, 0.25) is 10.0 Å². The quantitative estimate of drug-likeness (QED) is 0.607. The SMILES string of the molecule is CC.CC1c2c([nH]c3c(Cl)c(Cl)ccc23)CCN1C(=O)c1ncc(C#N)[nH]1. The minimum atomic E-state index is -0.228. The fraction of sp³-hybridized carbons (Fsp3) is 0.316. The fourth-order valence-electron chi connectivity index (χ4n) is 3.43. The van der Waals surface area contributed by atoms with Crippen LogP contribution >= 0.6 is 23.2 Å². The van der Waals surface area contributed by atoms with Crippen molar-refractivity contribution >= 4 is 40.0 Å². The Kier molecular flexibility index (Phi) is 5.45. The molecule has 1 amide bonds. The van der Waals surface area contributed by atoms with Gasteiger partial charge in [0.15, 0.2) is 5.82 Å². The molecule has 0 saturated heterocycles. The number of aromatic amines is 2. The second-order valence-electron chi connectivity index (χ2n) is 5.98. The lowest BCUT2D eigenvalue weighted by molar-refractivity contribution is 0.0667. The average molecular weight is 404 g/mol. The normalized spacial score (nSPS) is 15.7. The molecule has 140 valence electrons. The van der Waals surface area contributed by atoms with Gasteiger partial charge in [-0.15, -0.1) is 0 Å². The molecule has 1 aromatic carbocycles. The predicted molar refractivity (Wildman–Crippen MR) is 106 cm³/mol. The number of hydrogen-bond donors (Lipinski definition) is 2. The standard InChI is InChI=1S/C17H13Cl2N5O.C2H6/c1-8-13-10-2-3-11(18)14(19)15(10)23-12(13)4-5-24(8)17(25)16-21-7-9(6-20)22-16;1-2/h2-3,7-8,23H,4-5H2,1H3,(H,21,22);1-2H3. The monoisotopic (exact) mass is 403 g/mol. The molecule has 1 atom stereocenters. The number of halogens is 2. The number of nitrogens with zero attached hydrogens (tertiary/aromatic N) is 3. The number of imidazole rings is 1. The third-order valence-corrected chi connectivity index (χ3v) is 5.44. The van der Waals surface area contributed by atoms with Crippen molar-refractivity contribution in [1.29, 1.82) is 5.26 Å². The van der Waals surface area contributed by atoms with Crippen LogP contribution in [0.3, 0.4) is 0 Å². The highest BCUT2D eigenvalue weighted by Crippen LogP contribution is 2.40. The lowest BCUT2D eigenvalue weighted by Gasteiger charge is -2.33. The van der Waals surface area contributed by atoms with E-state index >= 15 is 0 Å². The molecule has 0 radical (unpaired) electrons. The van der Waals surface area contributed by atoms with Gasteiger partial charge in [0.2, 0.25) is 0 Å². The van der Waals surface area contributed by atoms with Gasteiger partial charge < -0.3 is 14.9 Å². The number of nitrogens with one attached hydrogen (secondary N) is 2. The van der Waals surface area contributed by atoms with Gasteiger partial charge in [-0.25, -0.2) is 4.98 Å². The molecule has 6 nitrogen and oxygen atoms in total. The molecular formula is C19H19Cl2N5O. The van der Waals surface area contributed by atoms with Crippen molar-refractivity contribution in [2.45, 2.75) is 33.2 Å². The van der Waals surface area contributed by atoms with Gasteiger partial charge in [-0.2, -0.15) is 5.26 Å². The van der Waals surface area contributed by atoms with Crippen molar-refractivity contribution in [2.75, 3.05) is 6.54 Å². The summed E-state index contributed by atoms with van der Waals surface area (Å²) < 4.78 is 0. The molecule has 1 aliphatic heterocycles. The Bertz CT molecular complexity index is 1050. The van der Waals surface area contributed by atoms with Crippen molar-refractivity contribution in [1.82, 2.24) is 19.9 Å². The van der Waals surface area contributed by atoms with Crippen LogP contribution in [0.15, 0.2) is 18.3 Å². The Morgan fingerprint density at radius 2 is 2.07 bits per heavy atom. The van der Waals surface area contributed by atoms with Crippen LogP contribution < -0.4 is 0 Å². The molecule has 2 N–H and O–H groups in total. The maximum atomic E-state index is 12.8. The number of aromatic nitrogens is 3. The van der Waals surface area contributed by atoms with Gasteiger partial charge in [-0.05, 0) is 13.0 Å². The summed E-state index contributed by atoms with van der Waals surface area (Å²) in [5.74, 6) is -0.0539. The summed E-state index contributed by atoms with van der Waals surface area (Å²) in [5, 5.41) is 10.8. The highest BCUT2D eigenvalue weighted by Gasteiger charge is 2.32. The summed E-state index contributed by atoms with van der Waals surface area (Å²) in [6, 6.07) is 5.47. The van der Waals surface area contributed by atoms with Crippen LogP contribution in [-0.2, 0) is 6.42 Å².